The fraction of sp³-hybridized carbons (Fsp3) is 0.108. The number of hydrogen-bond acceptors (Lipinski definition) is 5. The van der Waals surface area contributed by atoms with Gasteiger partial charge in [-0.2, -0.15) is 0 Å². The zero-order valence-corrected chi connectivity index (χ0v) is 68.2. The van der Waals surface area contributed by atoms with Crippen molar-refractivity contribution in [2.75, 3.05) is 0 Å². The fourth-order valence-corrected chi connectivity index (χ4v) is 22.6. The second kappa shape index (κ2) is 42.0. The molecule has 0 amide bonds. The molecule has 0 spiro atoms. The summed E-state index contributed by atoms with van der Waals surface area (Å²) in [6.45, 7) is 2.19. The molecule has 2 aliphatic rings. The zero-order chi connectivity index (χ0) is 60.3. The molecule has 454 valence electrons. The van der Waals surface area contributed by atoms with Crippen molar-refractivity contribution < 1.29 is 102 Å². The van der Waals surface area contributed by atoms with Crippen molar-refractivity contribution in [2.45, 2.75) is 44.4 Å². The van der Waals surface area contributed by atoms with Crippen LogP contribution in [0.1, 0.15) is 78.9 Å². The van der Waals surface area contributed by atoms with Crippen LogP contribution in [-0.2, 0) is 14.4 Å². The van der Waals surface area contributed by atoms with E-state index in [0.29, 0.717) is 163 Å². The summed E-state index contributed by atoms with van der Waals surface area (Å²) in [7, 11) is -8.55. The number of carbonyl (C=O) groups excluding carboxylic acids is 4. The number of rotatable bonds is 11. The van der Waals surface area contributed by atoms with Crippen LogP contribution in [0.15, 0.2) is 218 Å². The summed E-state index contributed by atoms with van der Waals surface area (Å²) in [5.41, 5.74) is 6.63. The maximum absolute atomic E-state index is 11.9. The van der Waals surface area contributed by atoms with Gasteiger partial charge in [-0.3, -0.25) is 0 Å². The molecular weight excluding hydrogens is 1830 g/mol. The number of aldehydes is 1. The molecule has 10 heterocycles. The first kappa shape index (κ1) is 78.9. The van der Waals surface area contributed by atoms with Gasteiger partial charge in [-0.25, -0.2) is 0 Å². The van der Waals surface area contributed by atoms with Crippen LogP contribution < -0.4 is 56.1 Å². The zero-order valence-electron chi connectivity index (χ0n) is 47.0. The molecule has 0 saturated heterocycles. The number of aryl methyl sites for hydroxylation is 1. The molecule has 2 atom stereocenters. The van der Waals surface area contributed by atoms with Gasteiger partial charge in [-0.1, -0.05) is 0 Å². The van der Waals surface area contributed by atoms with Crippen LogP contribution in [0, 0.1) is 6.92 Å². The van der Waals surface area contributed by atoms with Crippen molar-refractivity contribution in [3.8, 4) is 20.0 Å². The summed E-state index contributed by atoms with van der Waals surface area (Å²) < 4.78 is 61.4. The van der Waals surface area contributed by atoms with Crippen molar-refractivity contribution in [3.05, 3.63) is 255 Å². The van der Waals surface area contributed by atoms with Gasteiger partial charge in [-0.05, 0) is 0 Å². The number of Topliss-reactive ketones (excluding diaryl/α,β-unsaturated/α-hetero) is 1. The predicted molar refractivity (Wildman–Crippen MR) is 356 cm³/mol. The quantitative estimate of drug-likeness (QED) is 0.0427. The van der Waals surface area contributed by atoms with Crippen LogP contribution >= 0.6 is 8.16 Å². The Morgan fingerprint density at radius 3 is 1.17 bits per heavy atom. The van der Waals surface area contributed by atoms with Gasteiger partial charge in [0.2, 0.25) is 0 Å². The summed E-state index contributed by atoms with van der Waals surface area (Å²) in [6.07, 6.45) is 15.4. The molecule has 0 aliphatic heterocycles. The molecule has 1 fully saturated rings. The molecule has 5 nitrogen and oxygen atoms in total. The molecule has 1 aromatic carbocycles. The molecule has 0 radical (unpaired) electrons. The Balaban J connectivity index is 0.000000227. The first-order valence-corrected chi connectivity index (χ1v) is 46.1. The summed E-state index contributed by atoms with van der Waals surface area (Å²) in [5.74, 6) is 1.75. The first-order chi connectivity index (χ1) is 41.0. The molecule has 0 bridgehead atoms. The van der Waals surface area contributed by atoms with Crippen LogP contribution in [0.3, 0.4) is 0 Å². The van der Waals surface area contributed by atoms with E-state index in [9.17, 15) is 40.2 Å². The van der Waals surface area contributed by atoms with Crippen LogP contribution in [0.25, 0.3) is 43.3 Å². The number of benzene rings is 1. The van der Waals surface area contributed by atoms with Gasteiger partial charge in [0.25, 0.3) is 0 Å². The first-order valence-electron chi connectivity index (χ1n) is 25.8. The molecule has 1 saturated carbocycles. The molecular formula is C65H55F6KO5PSe10-. The van der Waals surface area contributed by atoms with Gasteiger partial charge in [0.15, 0.2) is 0 Å². The van der Waals surface area contributed by atoms with E-state index in [1.54, 1.807) is 24.3 Å². The Morgan fingerprint density at radius 1 is 0.489 bits per heavy atom. The van der Waals surface area contributed by atoms with Crippen molar-refractivity contribution in [1.82, 2.24) is 0 Å². The van der Waals surface area contributed by atoms with Gasteiger partial charge >= 0.3 is 611 Å². The van der Waals surface area contributed by atoms with Crippen molar-refractivity contribution in [3.63, 3.8) is 0 Å². The minimum absolute atomic E-state index is 0. The van der Waals surface area contributed by atoms with Gasteiger partial charge in [0.05, 0.1) is 0 Å². The van der Waals surface area contributed by atoms with E-state index in [1.165, 1.54) is 69.8 Å². The van der Waals surface area contributed by atoms with E-state index >= 15 is 0 Å². The normalized spacial score (nSPS) is 14.5. The van der Waals surface area contributed by atoms with E-state index in [0.717, 1.165) is 30.0 Å². The van der Waals surface area contributed by atoms with E-state index in [-0.39, 0.29) is 73.1 Å². The van der Waals surface area contributed by atoms with Crippen molar-refractivity contribution in [1.29, 1.82) is 0 Å². The SMILES string of the molecule is Cc1cc(-c2ccc[se]2)cc(-c2ccc[se]2)c1.FP(F)(F)(F)F.O=C(/C=C/c1ccc[se]1)/C=C/c1ccc[se]1.O=C1C=C(c2ccc[se]2)CC(c2ccc[se]2)=C1.O=C1CC(c2ccc[se]2)CC(c2ccc[se]2)C1.O=Cc1ccc[se]1.[F-].[K+].[OH-].c1cc[se]c1. The summed E-state index contributed by atoms with van der Waals surface area (Å²) >= 11 is 4.81. The number of carbonyl (C=O) groups is 4. The Labute approximate surface area is 612 Å². The predicted octanol–water partition coefficient (Wildman–Crippen LogP) is 8.29. The number of hydrogen-bond donors (Lipinski definition) is 0. The molecule has 13 rings (SSSR count). The Kier molecular flexibility index (Phi) is 37.7. The summed E-state index contributed by atoms with van der Waals surface area (Å²) in [4.78, 5) is 69.3. The number of ketones is 3. The molecule has 10 aromatic heterocycles. The van der Waals surface area contributed by atoms with E-state index in [1.807, 2.05) is 41.4 Å². The van der Waals surface area contributed by atoms with Gasteiger partial charge < -0.3 is 10.2 Å². The van der Waals surface area contributed by atoms with Crippen LogP contribution in [0.5, 0.6) is 0 Å². The minimum atomic E-state index is -8.55. The van der Waals surface area contributed by atoms with E-state index < -0.39 is 8.16 Å². The van der Waals surface area contributed by atoms with Gasteiger partial charge in [0.1, 0.15) is 0 Å². The van der Waals surface area contributed by atoms with Gasteiger partial charge in [-0.15, -0.1) is 0 Å². The third-order valence-electron chi connectivity index (χ3n) is 11.8. The molecule has 2 aliphatic carbocycles. The summed E-state index contributed by atoms with van der Waals surface area (Å²) in [6, 6.07) is 49.2. The Hall–Kier alpha value is -1.54. The maximum atomic E-state index is 11.9. The molecule has 1 N–H and O–H groups in total. The van der Waals surface area contributed by atoms with Crippen molar-refractivity contribution >= 4 is 200 Å². The Bertz CT molecular complexity index is 3550. The molecule has 2 unspecified atom stereocenters. The standard InChI is InChI=1S/C15H12Se2.C14H14OSe2.C14H10OSe2.C13H10OSe2.C5H4OSe.C4H4Se.F5P.FH.K.H2O/c1-11-8-12(14-4-2-6-16-14)10-13(9-11)15-5-3-7-17-15;2*15-12-8-10(13-3-1-5-16-13)7-11(9-12)14-4-2-6-17-14;14-11(5-7-12-3-1-9-15-12)6-8-13-4-2-10-16-13;6-4-5-2-1-3-7-5;1-2-4-5-3-1;1-6(2,3,4)5;;;/h2-10H,1H3;1-6,10-11H,7-9H2;1-6,8-9H,7H2;1-10H;1-4H;1-4H;;1H;;1H2/q;;;;;;;;+1;/p-2/b;;;7-5+,8-6+;;;;;;. The second-order valence-corrected chi connectivity index (χ2v) is 39.4. The van der Waals surface area contributed by atoms with Crippen molar-refractivity contribution in [2.24, 2.45) is 0 Å². The van der Waals surface area contributed by atoms with Crippen LogP contribution in [0.2, 0.25) is 0 Å². The monoisotopic (exact) mass is 1900 g/mol. The number of allylic oxidation sites excluding steroid dienone is 6. The van der Waals surface area contributed by atoms with E-state index in [2.05, 4.69) is 172 Å². The Morgan fingerprint density at radius 2 is 0.852 bits per heavy atom. The third kappa shape index (κ3) is 30.7. The van der Waals surface area contributed by atoms with Crippen LogP contribution in [0.4, 0.5) is 21.0 Å². The molecule has 23 heteroatoms. The molecule has 88 heavy (non-hydrogen) atoms. The van der Waals surface area contributed by atoms with Gasteiger partial charge in [0, 0.05) is 0 Å². The molecule has 11 aromatic rings. The number of halogens is 6. The fourth-order valence-electron chi connectivity index (χ4n) is 8.25. The average Bonchev–Trinajstić information content (AvgIpc) is 3.69. The topological polar surface area (TPSA) is 98.3 Å². The average molecular weight is 1890 g/mol. The third-order valence-corrected chi connectivity index (χ3v) is 30.5. The van der Waals surface area contributed by atoms with E-state index in [4.69, 9.17) is 0 Å². The van der Waals surface area contributed by atoms with Crippen LogP contribution in [-0.4, -0.2) is 174 Å². The summed E-state index contributed by atoms with van der Waals surface area (Å²) in [5, 5.41) is 0. The second-order valence-electron chi connectivity index (χ2n) is 18.2.